The van der Waals surface area contributed by atoms with Gasteiger partial charge in [-0.25, -0.2) is 14.0 Å². The van der Waals surface area contributed by atoms with E-state index in [1.165, 1.54) is 19.2 Å². The van der Waals surface area contributed by atoms with Crippen molar-refractivity contribution in [2.75, 3.05) is 19.5 Å². The number of nitrogens with two attached hydrogens (primary N) is 1. The zero-order chi connectivity index (χ0) is 21.1. The summed E-state index contributed by atoms with van der Waals surface area (Å²) in [6.45, 7) is -0.524. The number of halogens is 1. The van der Waals surface area contributed by atoms with E-state index in [0.29, 0.717) is 10.2 Å². The third-order valence-corrected chi connectivity index (χ3v) is 4.03. The van der Waals surface area contributed by atoms with Crippen LogP contribution in [0.25, 0.3) is 11.5 Å². The Balaban J connectivity index is 1.93. The van der Waals surface area contributed by atoms with Crippen LogP contribution in [0.2, 0.25) is 0 Å². The smallest absolute Gasteiger partial charge is 0.388 e. The molecule has 0 fully saturated rings. The second kappa shape index (κ2) is 8.06. The molecule has 29 heavy (non-hydrogen) atoms. The van der Waals surface area contributed by atoms with Gasteiger partial charge in [0.25, 0.3) is 5.56 Å². The molecule has 2 heterocycles. The summed E-state index contributed by atoms with van der Waals surface area (Å²) >= 11 is 0. The summed E-state index contributed by atoms with van der Waals surface area (Å²) in [6, 6.07) is 5.01. The molecule has 0 atom stereocenters. The van der Waals surface area contributed by atoms with E-state index >= 15 is 0 Å². The Kier molecular flexibility index (Phi) is 5.54. The molecular weight excluding hydrogens is 389 g/mol. The van der Waals surface area contributed by atoms with Crippen LogP contribution < -0.4 is 22.7 Å². The van der Waals surface area contributed by atoms with Gasteiger partial charge in [0.05, 0.1) is 13.2 Å². The Morgan fingerprint density at radius 3 is 2.62 bits per heavy atom. The normalized spacial score (nSPS) is 11.0. The number of nitrogens with zero attached hydrogens (tertiary/aromatic N) is 3. The van der Waals surface area contributed by atoms with Gasteiger partial charge in [-0.1, -0.05) is 0 Å². The third-order valence-electron chi connectivity index (χ3n) is 4.03. The van der Waals surface area contributed by atoms with Crippen molar-refractivity contribution >= 4 is 11.6 Å². The second-order valence-electron chi connectivity index (χ2n) is 5.92. The molecule has 3 rings (SSSR count). The summed E-state index contributed by atoms with van der Waals surface area (Å²) in [6.07, 6.45) is 0. The number of rotatable bonds is 7. The lowest BCUT2D eigenvalue weighted by Crippen LogP contribution is -2.38. The van der Waals surface area contributed by atoms with Crippen LogP contribution in [0.3, 0.4) is 0 Å². The largest absolute Gasteiger partial charge is 0.437 e. The number of Topliss-reactive ketones (excluding diaryl/α,β-unsaturated/α-hetero) is 1. The minimum absolute atomic E-state index is 0.0108. The molecule has 0 unspecified atom stereocenters. The Labute approximate surface area is 161 Å². The van der Waals surface area contributed by atoms with Gasteiger partial charge < -0.3 is 14.9 Å². The van der Waals surface area contributed by atoms with Crippen molar-refractivity contribution < 1.29 is 18.3 Å². The molecule has 0 spiro atoms. The van der Waals surface area contributed by atoms with E-state index < -0.39 is 40.7 Å². The van der Waals surface area contributed by atoms with Crippen LogP contribution in [-0.4, -0.2) is 38.8 Å². The number of carbonyl (C=O) groups excluding carboxylic acids is 1. The fourth-order valence-corrected chi connectivity index (χ4v) is 2.59. The van der Waals surface area contributed by atoms with Crippen LogP contribution in [-0.2, 0) is 17.8 Å². The molecule has 0 radical (unpaired) electrons. The average molecular weight is 405 g/mol. The number of nitrogens with one attached hydrogen (secondary N) is 1. The average Bonchev–Trinajstić information content (AvgIpc) is 3.02. The number of benzene rings is 1. The third kappa shape index (κ3) is 4.06. The zero-order valence-corrected chi connectivity index (χ0v) is 15.2. The topological polar surface area (TPSA) is 155 Å². The molecule has 1 aromatic carbocycles. The Bertz CT molecular complexity index is 1220. The molecule has 0 saturated heterocycles. The highest BCUT2D eigenvalue weighted by atomic mass is 19.1. The number of aromatic nitrogens is 4. The quantitative estimate of drug-likeness (QED) is 0.503. The highest BCUT2D eigenvalue weighted by Crippen LogP contribution is 2.15. The van der Waals surface area contributed by atoms with Crippen molar-refractivity contribution in [3.63, 3.8) is 0 Å². The number of carbonyl (C=O) groups is 1. The van der Waals surface area contributed by atoms with E-state index in [-0.39, 0.29) is 24.9 Å². The molecule has 3 aromatic rings. The van der Waals surface area contributed by atoms with E-state index in [2.05, 4.69) is 5.10 Å². The number of hydrogen-bond acceptors (Lipinski definition) is 8. The second-order valence-corrected chi connectivity index (χ2v) is 5.92. The maximum Gasteiger partial charge on any atom is 0.437 e. The first-order chi connectivity index (χ1) is 13.8. The van der Waals surface area contributed by atoms with Crippen LogP contribution in [0.4, 0.5) is 10.2 Å². The van der Waals surface area contributed by atoms with Crippen molar-refractivity contribution in [2.24, 2.45) is 0 Å². The number of H-pyrrole nitrogens is 1. The standard InChI is InChI=1S/C17H16FN5O6/c1-28-7-6-22-13(19)12(14(25)20-16(22)26)11(24)8-23-17(27)29-15(21-23)9-2-4-10(18)5-3-9/h2-5H,6-8,19H2,1H3,(H,20,25,26). The fraction of sp³-hybridized carbons (Fsp3) is 0.235. The Morgan fingerprint density at radius 2 is 1.97 bits per heavy atom. The number of hydrogen-bond donors (Lipinski definition) is 2. The first-order valence-corrected chi connectivity index (χ1v) is 8.30. The summed E-state index contributed by atoms with van der Waals surface area (Å²) in [4.78, 5) is 50.6. The van der Waals surface area contributed by atoms with Gasteiger partial charge in [-0.15, -0.1) is 5.10 Å². The SMILES string of the molecule is COCCn1c(N)c(C(=O)Cn2nc(-c3ccc(F)cc3)oc2=O)c(=O)[nH]c1=O. The summed E-state index contributed by atoms with van der Waals surface area (Å²) in [7, 11) is 1.41. The number of aromatic amines is 1. The van der Waals surface area contributed by atoms with Gasteiger partial charge in [0.2, 0.25) is 5.89 Å². The van der Waals surface area contributed by atoms with Crippen molar-refractivity contribution in [2.45, 2.75) is 13.1 Å². The lowest BCUT2D eigenvalue weighted by Gasteiger charge is -2.11. The maximum atomic E-state index is 13.0. The van der Waals surface area contributed by atoms with Crippen molar-refractivity contribution in [3.05, 3.63) is 67.0 Å². The van der Waals surface area contributed by atoms with E-state index in [1.54, 1.807) is 0 Å². The summed E-state index contributed by atoms with van der Waals surface area (Å²) in [5.74, 6) is -2.77. The molecule has 0 aliphatic heterocycles. The molecule has 152 valence electrons. The van der Waals surface area contributed by atoms with Crippen molar-refractivity contribution in [1.82, 2.24) is 19.3 Å². The van der Waals surface area contributed by atoms with Gasteiger partial charge in [-0.05, 0) is 24.3 Å². The molecule has 11 nitrogen and oxygen atoms in total. The van der Waals surface area contributed by atoms with Gasteiger partial charge in [-0.3, -0.25) is 19.1 Å². The van der Waals surface area contributed by atoms with Gasteiger partial charge >= 0.3 is 11.4 Å². The van der Waals surface area contributed by atoms with Crippen LogP contribution >= 0.6 is 0 Å². The summed E-state index contributed by atoms with van der Waals surface area (Å²) < 4.78 is 24.5. The molecular formula is C17H16FN5O6. The first-order valence-electron chi connectivity index (χ1n) is 8.30. The van der Waals surface area contributed by atoms with E-state index in [1.807, 2.05) is 4.98 Å². The number of ketones is 1. The van der Waals surface area contributed by atoms with Crippen molar-refractivity contribution in [1.29, 1.82) is 0 Å². The molecule has 3 N–H and O–H groups in total. The van der Waals surface area contributed by atoms with Crippen LogP contribution in [0.1, 0.15) is 10.4 Å². The van der Waals surface area contributed by atoms with E-state index in [4.69, 9.17) is 14.9 Å². The molecule has 0 bridgehead atoms. The maximum absolute atomic E-state index is 13.0. The summed E-state index contributed by atoms with van der Waals surface area (Å²) in [5.41, 5.74) is 3.88. The van der Waals surface area contributed by atoms with Crippen LogP contribution in [0.15, 0.2) is 43.1 Å². The van der Waals surface area contributed by atoms with Gasteiger partial charge in [0.15, 0.2) is 5.78 Å². The van der Waals surface area contributed by atoms with Gasteiger partial charge in [-0.2, -0.15) is 4.68 Å². The minimum atomic E-state index is -0.985. The molecule has 0 amide bonds. The van der Waals surface area contributed by atoms with Gasteiger partial charge in [0.1, 0.15) is 23.7 Å². The Hall–Kier alpha value is -3.80. The van der Waals surface area contributed by atoms with Crippen molar-refractivity contribution in [3.8, 4) is 11.5 Å². The van der Waals surface area contributed by atoms with Crippen LogP contribution in [0, 0.1) is 5.82 Å². The monoisotopic (exact) mass is 405 g/mol. The van der Waals surface area contributed by atoms with E-state index in [0.717, 1.165) is 16.7 Å². The highest BCUT2D eigenvalue weighted by Gasteiger charge is 2.22. The predicted molar refractivity (Wildman–Crippen MR) is 98.1 cm³/mol. The number of ether oxygens (including phenoxy) is 1. The fourth-order valence-electron chi connectivity index (χ4n) is 2.59. The predicted octanol–water partition coefficient (Wildman–Crippen LogP) is -0.396. The van der Waals surface area contributed by atoms with Gasteiger partial charge in [0, 0.05) is 12.7 Å². The molecule has 0 saturated carbocycles. The molecule has 0 aliphatic rings. The van der Waals surface area contributed by atoms with E-state index in [9.17, 15) is 23.6 Å². The lowest BCUT2D eigenvalue weighted by molar-refractivity contribution is 0.0963. The number of methoxy groups -OCH3 is 1. The molecule has 2 aromatic heterocycles. The zero-order valence-electron chi connectivity index (χ0n) is 15.2. The summed E-state index contributed by atoms with van der Waals surface area (Å²) in [5, 5.41) is 3.88. The lowest BCUT2D eigenvalue weighted by atomic mass is 10.2. The Morgan fingerprint density at radius 1 is 1.28 bits per heavy atom. The molecule has 12 heteroatoms. The van der Waals surface area contributed by atoms with Crippen LogP contribution in [0.5, 0.6) is 0 Å². The number of anilines is 1. The minimum Gasteiger partial charge on any atom is -0.388 e. The molecule has 0 aliphatic carbocycles. The first kappa shape index (κ1) is 19.9. The highest BCUT2D eigenvalue weighted by molar-refractivity contribution is 5.99. The number of nitrogen functional groups attached to an aromatic ring is 1.